The SMILES string of the molecule is CCCSCCCN1C(=O)c2cc(C(C)CC)nn2CC1(C)C(=O)NC1CCCCCCC1. The summed E-state index contributed by atoms with van der Waals surface area (Å²) in [6.45, 7) is 9.43. The van der Waals surface area contributed by atoms with Crippen LogP contribution in [0.5, 0.6) is 0 Å². The number of aromatic nitrogens is 2. The van der Waals surface area contributed by atoms with E-state index in [2.05, 4.69) is 26.1 Å². The Bertz CT molecular complexity index is 787. The Hall–Kier alpha value is -1.50. The lowest BCUT2D eigenvalue weighted by Crippen LogP contribution is -2.65. The van der Waals surface area contributed by atoms with E-state index in [1.165, 1.54) is 32.1 Å². The molecule has 1 N–H and O–H groups in total. The van der Waals surface area contributed by atoms with E-state index in [0.29, 0.717) is 24.7 Å². The second kappa shape index (κ2) is 12.3. The number of thioether (sulfide) groups is 1. The van der Waals surface area contributed by atoms with Crippen LogP contribution in [0.4, 0.5) is 0 Å². The highest BCUT2D eigenvalue weighted by molar-refractivity contribution is 7.99. The summed E-state index contributed by atoms with van der Waals surface area (Å²) in [5, 5.41) is 8.11. The highest BCUT2D eigenvalue weighted by Gasteiger charge is 2.48. The van der Waals surface area contributed by atoms with E-state index in [-0.39, 0.29) is 17.9 Å². The van der Waals surface area contributed by atoms with Crippen LogP contribution in [-0.2, 0) is 11.3 Å². The van der Waals surface area contributed by atoms with Gasteiger partial charge in [-0.05, 0) is 62.5 Å². The smallest absolute Gasteiger partial charge is 0.273 e. The zero-order valence-electron chi connectivity index (χ0n) is 21.2. The van der Waals surface area contributed by atoms with Crippen LogP contribution >= 0.6 is 11.8 Å². The Kier molecular flexibility index (Phi) is 9.71. The van der Waals surface area contributed by atoms with Gasteiger partial charge in [0, 0.05) is 12.6 Å². The number of nitrogens with one attached hydrogen (secondary N) is 1. The Balaban J connectivity index is 1.81. The number of nitrogens with zero attached hydrogens (tertiary/aromatic N) is 3. The van der Waals surface area contributed by atoms with Crippen LogP contribution in [0.15, 0.2) is 6.07 Å². The van der Waals surface area contributed by atoms with Gasteiger partial charge in [-0.15, -0.1) is 0 Å². The number of fused-ring (bicyclic) bond motifs is 1. The van der Waals surface area contributed by atoms with Crippen molar-refractivity contribution >= 4 is 23.6 Å². The molecule has 0 bridgehead atoms. The van der Waals surface area contributed by atoms with Gasteiger partial charge < -0.3 is 10.2 Å². The van der Waals surface area contributed by atoms with Crippen molar-refractivity contribution in [2.75, 3.05) is 18.1 Å². The molecule has 6 nitrogen and oxygen atoms in total. The summed E-state index contributed by atoms with van der Waals surface area (Å²) in [6.07, 6.45) is 11.2. The first kappa shape index (κ1) is 26.1. The first-order valence-electron chi connectivity index (χ1n) is 13.2. The van der Waals surface area contributed by atoms with Crippen LogP contribution in [0, 0.1) is 0 Å². The van der Waals surface area contributed by atoms with Gasteiger partial charge in [-0.25, -0.2) is 0 Å². The van der Waals surface area contributed by atoms with Crippen molar-refractivity contribution in [3.63, 3.8) is 0 Å². The molecule has 1 saturated carbocycles. The van der Waals surface area contributed by atoms with Crippen LogP contribution in [0.25, 0.3) is 0 Å². The van der Waals surface area contributed by atoms with Gasteiger partial charge in [-0.3, -0.25) is 14.3 Å². The fourth-order valence-electron chi connectivity index (χ4n) is 4.97. The average Bonchev–Trinajstić information content (AvgIpc) is 3.20. The van der Waals surface area contributed by atoms with Crippen LogP contribution in [0.3, 0.4) is 0 Å². The van der Waals surface area contributed by atoms with E-state index in [4.69, 9.17) is 5.10 Å². The minimum absolute atomic E-state index is 0.0196. The molecule has 2 atom stereocenters. The van der Waals surface area contributed by atoms with Crippen LogP contribution < -0.4 is 5.32 Å². The maximum atomic E-state index is 13.7. The predicted octanol–water partition coefficient (Wildman–Crippen LogP) is 5.37. The first-order chi connectivity index (χ1) is 15.9. The summed E-state index contributed by atoms with van der Waals surface area (Å²) in [6, 6.07) is 2.16. The van der Waals surface area contributed by atoms with Crippen molar-refractivity contribution in [3.05, 3.63) is 17.5 Å². The molecule has 0 saturated heterocycles. The second-order valence-electron chi connectivity index (χ2n) is 10.1. The molecule has 1 aliphatic carbocycles. The van der Waals surface area contributed by atoms with E-state index in [9.17, 15) is 9.59 Å². The summed E-state index contributed by atoms with van der Waals surface area (Å²) in [5.41, 5.74) is 0.660. The van der Waals surface area contributed by atoms with E-state index in [0.717, 1.165) is 49.3 Å². The number of amides is 2. The summed E-state index contributed by atoms with van der Waals surface area (Å²) in [4.78, 5) is 29.2. The molecule has 7 heteroatoms. The molecule has 1 fully saturated rings. The summed E-state index contributed by atoms with van der Waals surface area (Å²) < 4.78 is 1.80. The normalized spacial score (nSPS) is 23.0. The largest absolute Gasteiger partial charge is 0.351 e. The standard InChI is InChI=1S/C26H44N4O2S/c1-5-16-33-17-12-15-29-24(31)23-18-22(20(3)6-2)28-30(23)19-26(29,4)25(32)27-21-13-10-8-7-9-11-14-21/h18,20-21H,5-17,19H2,1-4H3,(H,27,32). The Morgan fingerprint density at radius 1 is 1.21 bits per heavy atom. The molecule has 186 valence electrons. The molecule has 2 heterocycles. The molecule has 0 spiro atoms. The zero-order chi connectivity index (χ0) is 23.8. The maximum Gasteiger partial charge on any atom is 0.273 e. The molecule has 1 aromatic heterocycles. The van der Waals surface area contributed by atoms with Gasteiger partial charge in [0.1, 0.15) is 11.2 Å². The minimum atomic E-state index is -0.916. The number of carbonyl (C=O) groups excluding carboxylic acids is 2. The molecule has 2 aliphatic rings. The lowest BCUT2D eigenvalue weighted by molar-refractivity contribution is -0.134. The topological polar surface area (TPSA) is 67.2 Å². The van der Waals surface area contributed by atoms with E-state index >= 15 is 0 Å². The van der Waals surface area contributed by atoms with Gasteiger partial charge in [0.05, 0.1) is 12.2 Å². The van der Waals surface area contributed by atoms with Crippen molar-refractivity contribution in [1.29, 1.82) is 0 Å². The predicted molar refractivity (Wildman–Crippen MR) is 137 cm³/mol. The molecule has 2 amide bonds. The third-order valence-corrected chi connectivity index (χ3v) is 8.66. The van der Waals surface area contributed by atoms with Gasteiger partial charge in [0.2, 0.25) is 5.91 Å². The Labute approximate surface area is 204 Å². The third-order valence-electron chi connectivity index (χ3n) is 7.38. The second-order valence-corrected chi connectivity index (χ2v) is 11.4. The molecule has 1 aromatic rings. The van der Waals surface area contributed by atoms with Gasteiger partial charge in [0.15, 0.2) is 0 Å². The highest BCUT2D eigenvalue weighted by atomic mass is 32.2. The molecule has 1 aliphatic heterocycles. The lowest BCUT2D eigenvalue weighted by atomic mass is 9.92. The Morgan fingerprint density at radius 2 is 1.91 bits per heavy atom. The third kappa shape index (κ3) is 6.34. The summed E-state index contributed by atoms with van der Waals surface area (Å²) in [5.74, 6) is 2.37. The van der Waals surface area contributed by atoms with E-state index in [1.807, 2.05) is 29.7 Å². The maximum absolute atomic E-state index is 13.7. The van der Waals surface area contributed by atoms with Crippen molar-refractivity contribution in [2.24, 2.45) is 0 Å². The van der Waals surface area contributed by atoms with Gasteiger partial charge in [-0.1, -0.05) is 52.9 Å². The fourth-order valence-corrected chi connectivity index (χ4v) is 5.80. The summed E-state index contributed by atoms with van der Waals surface area (Å²) in [7, 11) is 0. The number of rotatable bonds is 10. The van der Waals surface area contributed by atoms with E-state index in [1.54, 1.807) is 4.68 Å². The lowest BCUT2D eigenvalue weighted by Gasteiger charge is -2.44. The van der Waals surface area contributed by atoms with Gasteiger partial charge in [-0.2, -0.15) is 16.9 Å². The van der Waals surface area contributed by atoms with Crippen molar-refractivity contribution < 1.29 is 9.59 Å². The molecular weight excluding hydrogens is 432 g/mol. The monoisotopic (exact) mass is 476 g/mol. The number of hydrogen-bond acceptors (Lipinski definition) is 4. The molecule has 33 heavy (non-hydrogen) atoms. The van der Waals surface area contributed by atoms with Crippen molar-refractivity contribution in [3.8, 4) is 0 Å². The molecule has 0 radical (unpaired) electrons. The number of hydrogen-bond donors (Lipinski definition) is 1. The minimum Gasteiger partial charge on any atom is -0.351 e. The Morgan fingerprint density at radius 3 is 2.58 bits per heavy atom. The molecule has 3 rings (SSSR count). The van der Waals surface area contributed by atoms with E-state index < -0.39 is 5.54 Å². The van der Waals surface area contributed by atoms with Crippen LogP contribution in [0.2, 0.25) is 0 Å². The quantitative estimate of drug-likeness (QED) is 0.461. The first-order valence-corrected chi connectivity index (χ1v) is 14.3. The molecule has 2 unspecified atom stereocenters. The van der Waals surface area contributed by atoms with Gasteiger partial charge in [0.25, 0.3) is 5.91 Å². The highest BCUT2D eigenvalue weighted by Crippen LogP contribution is 2.30. The number of carbonyl (C=O) groups is 2. The average molecular weight is 477 g/mol. The van der Waals surface area contributed by atoms with Crippen LogP contribution in [-0.4, -0.2) is 56.1 Å². The zero-order valence-corrected chi connectivity index (χ0v) is 22.0. The van der Waals surface area contributed by atoms with Gasteiger partial charge >= 0.3 is 0 Å². The fraction of sp³-hybridized carbons (Fsp3) is 0.808. The van der Waals surface area contributed by atoms with Crippen molar-refractivity contribution in [2.45, 2.75) is 116 Å². The van der Waals surface area contributed by atoms with Crippen molar-refractivity contribution in [1.82, 2.24) is 20.0 Å². The van der Waals surface area contributed by atoms with Crippen LogP contribution in [0.1, 0.15) is 114 Å². The molecule has 0 aromatic carbocycles. The molecular formula is C26H44N4O2S. The summed E-state index contributed by atoms with van der Waals surface area (Å²) >= 11 is 1.92.